The number of carbonyl (C=O) groups excluding carboxylic acids is 8. The van der Waals surface area contributed by atoms with E-state index in [1.807, 2.05) is 32.9 Å². The second-order valence-electron chi connectivity index (χ2n) is 32.9. The molecule has 16 atom stereocenters. The van der Waals surface area contributed by atoms with Gasteiger partial charge >= 0.3 is 29.8 Å². The number of unbranched alkanes of at least 4 members (excludes halogenated alkanes) is 24. The van der Waals surface area contributed by atoms with Crippen LogP contribution >= 0.6 is 0 Å². The third-order valence-corrected chi connectivity index (χ3v) is 23.3. The first-order chi connectivity index (χ1) is 51.8. The number of carbonyl (C=O) groups is 8. The highest BCUT2D eigenvalue weighted by atomic mass is 16.7. The first kappa shape index (κ1) is 95.5. The van der Waals surface area contributed by atoms with Crippen molar-refractivity contribution in [2.45, 2.75) is 393 Å². The van der Waals surface area contributed by atoms with Crippen LogP contribution in [0.25, 0.3) is 0 Å². The number of Topliss-reactive ketones (excluding diaryl/α,β-unsaturated/α-hetero) is 2. The van der Waals surface area contributed by atoms with E-state index in [4.69, 9.17) is 42.6 Å². The quantitative estimate of drug-likeness (QED) is 0.0188. The molecule has 0 spiro atoms. The number of hydrogen-bond acceptors (Lipinski definition) is 19. The highest BCUT2D eigenvalue weighted by Gasteiger charge is 2.57. The third kappa shape index (κ3) is 35.0. The average molecular weight is 1530 g/mol. The minimum absolute atomic E-state index is 0.0246. The van der Waals surface area contributed by atoms with Crippen molar-refractivity contribution in [1.82, 2.24) is 4.90 Å². The Balaban J connectivity index is 1.39. The fourth-order valence-electron chi connectivity index (χ4n) is 16.3. The number of nitrogens with zero attached hydrogens (tertiary/aromatic N) is 1. The third-order valence-electron chi connectivity index (χ3n) is 23.3. The topological polar surface area (TPSA) is 263 Å². The van der Waals surface area contributed by atoms with Gasteiger partial charge in [-0.2, -0.15) is 0 Å². The standard InChI is InChI=1S/C88H149NO19/c1-14-17-19-21-23-25-27-29-31-33-35-37-39-45-79(92)103-60-71(61-104-80(93)46-40-38-36-34-32-30-28-26-24-22-20-18-15-2)105-81(94)55-62(4)47-48-65(7)86(97)106-75-50-49-69(58-76(75)100-11)56-66(8)82-68(10)73(90)59-74(91)70(43-16-3)53-63(5)52-64(6)54-77(101-12)83-78(102-13)57-67(9)88(99,108-83)84(95)85(96)89-51-42-41-44-72(89)87(98)107-82/h16,53,56,62,64-65,67-73,75-78,82-83,90,99H,3,14-15,17-52,54-55,57-61H2,1-2,4-13H3/b63-53+,66-56+/t62?,64-,65?,67+,68+,69-,70+,72-,73-,75+,76+,77-,78-,82+,83?,88+/m0/s1. The fourth-order valence-corrected chi connectivity index (χ4v) is 16.3. The van der Waals surface area contributed by atoms with E-state index in [-0.39, 0.29) is 93.8 Å². The van der Waals surface area contributed by atoms with Crippen LogP contribution in [-0.2, 0) is 81.0 Å². The van der Waals surface area contributed by atoms with Crippen molar-refractivity contribution in [2.75, 3.05) is 41.1 Å². The van der Waals surface area contributed by atoms with Gasteiger partial charge in [-0.05, 0) is 127 Å². The van der Waals surface area contributed by atoms with E-state index >= 15 is 0 Å². The molecule has 3 aliphatic heterocycles. The second kappa shape index (κ2) is 54.0. The summed E-state index contributed by atoms with van der Waals surface area (Å²) in [5.74, 6) is -10.8. The van der Waals surface area contributed by atoms with Crippen molar-refractivity contribution in [1.29, 1.82) is 0 Å². The molecule has 3 unspecified atom stereocenters. The molecule has 0 aromatic rings. The molecule has 0 aromatic carbocycles. The number of allylic oxidation sites excluding steroid dienone is 4. The van der Waals surface area contributed by atoms with Crippen LogP contribution in [0, 0.1) is 41.4 Å². The van der Waals surface area contributed by atoms with E-state index < -0.39 is 114 Å². The van der Waals surface area contributed by atoms with Crippen molar-refractivity contribution in [3.63, 3.8) is 0 Å². The first-order valence-electron chi connectivity index (χ1n) is 42.8. The summed E-state index contributed by atoms with van der Waals surface area (Å²) in [5.41, 5.74) is 1.51. The summed E-state index contributed by atoms with van der Waals surface area (Å²) in [6.07, 6.45) is 35.2. The maximum Gasteiger partial charge on any atom is 0.329 e. The molecule has 0 aromatic heterocycles. The van der Waals surface area contributed by atoms with Gasteiger partial charge in [0.05, 0.1) is 30.3 Å². The summed E-state index contributed by atoms with van der Waals surface area (Å²) in [7, 11) is 4.60. The maximum atomic E-state index is 14.8. The Morgan fingerprint density at radius 2 is 1.18 bits per heavy atom. The van der Waals surface area contributed by atoms with E-state index in [0.717, 1.165) is 44.1 Å². The van der Waals surface area contributed by atoms with Gasteiger partial charge in [0.25, 0.3) is 11.7 Å². The van der Waals surface area contributed by atoms with Gasteiger partial charge in [0.1, 0.15) is 43.4 Å². The number of esters is 5. The van der Waals surface area contributed by atoms with E-state index in [0.29, 0.717) is 82.6 Å². The SMILES string of the molecule is C=CC[C@@H]1/C=C(\C)C[C@H](C)C[C@H](OC)C2O[C@@](O)(C(=O)C(=O)N3CCCC[C@H]3C(=O)O[C@H](/C(C)=C/[C@@H]3CC[C@@H](OC(=O)C(C)CCC(C)CC(=O)OC(COC(=O)CCCCCCCCCCCCCCC)COC(=O)CCCCCCCCCCCCCCC)[C@H](OC)C3)[C@H](C)[C@@H](O)CC1=O)[C@H](C)C[C@@H]2OC. The van der Waals surface area contributed by atoms with Gasteiger partial charge in [0.2, 0.25) is 5.79 Å². The first-order valence-corrected chi connectivity index (χ1v) is 42.8. The minimum Gasteiger partial charge on any atom is -0.462 e. The van der Waals surface area contributed by atoms with E-state index in [1.165, 1.54) is 135 Å². The number of aliphatic hydroxyl groups excluding tert-OH is 1. The zero-order valence-electron chi connectivity index (χ0n) is 69.3. The fraction of sp³-hybridized carbons (Fsp3) is 0.841. The number of cyclic esters (lactones) is 1. The molecule has 2 N–H and O–H groups in total. The predicted octanol–water partition coefficient (Wildman–Crippen LogP) is 17.6. The molecule has 2 bridgehead atoms. The number of rotatable bonds is 47. The smallest absolute Gasteiger partial charge is 0.329 e. The Bertz CT molecular complexity index is 2650. The van der Waals surface area contributed by atoms with Crippen LogP contribution in [0.15, 0.2) is 36.0 Å². The van der Waals surface area contributed by atoms with Gasteiger partial charge < -0.3 is 57.7 Å². The molecule has 1 amide bonds. The van der Waals surface area contributed by atoms with Gasteiger partial charge in [-0.15, -0.1) is 6.58 Å². The van der Waals surface area contributed by atoms with Gasteiger partial charge in [-0.25, -0.2) is 4.79 Å². The van der Waals surface area contributed by atoms with Gasteiger partial charge in [-0.3, -0.25) is 33.6 Å². The number of aliphatic hydroxyl groups is 2. The largest absolute Gasteiger partial charge is 0.462 e. The number of amides is 1. The summed E-state index contributed by atoms with van der Waals surface area (Å²) < 4.78 is 54.0. The predicted molar refractivity (Wildman–Crippen MR) is 421 cm³/mol. The number of piperidine rings is 1. The molecule has 3 fully saturated rings. The Morgan fingerprint density at radius 1 is 0.657 bits per heavy atom. The van der Waals surface area contributed by atoms with Gasteiger partial charge in [0.15, 0.2) is 6.10 Å². The summed E-state index contributed by atoms with van der Waals surface area (Å²) in [6, 6.07) is -1.23. The Kier molecular flexibility index (Phi) is 47.7. The van der Waals surface area contributed by atoms with E-state index in [1.54, 1.807) is 40.9 Å². The second-order valence-corrected chi connectivity index (χ2v) is 32.9. The van der Waals surface area contributed by atoms with Crippen molar-refractivity contribution >= 4 is 47.3 Å². The molecular formula is C88H149NO19. The average Bonchev–Trinajstić information content (AvgIpc) is 0.761. The molecular weight excluding hydrogens is 1370 g/mol. The number of methoxy groups -OCH3 is 3. The van der Waals surface area contributed by atoms with Crippen molar-refractivity contribution < 1.29 is 91.2 Å². The van der Waals surface area contributed by atoms with Crippen LogP contribution in [0.3, 0.4) is 0 Å². The van der Waals surface area contributed by atoms with Crippen LogP contribution in [0.5, 0.6) is 0 Å². The normalized spacial score (nSPS) is 27.7. The maximum absolute atomic E-state index is 14.8. The molecule has 2 saturated heterocycles. The molecule has 1 saturated carbocycles. The zero-order valence-corrected chi connectivity index (χ0v) is 69.3. The van der Waals surface area contributed by atoms with Gasteiger partial charge in [0, 0.05) is 71.3 Å². The molecule has 20 nitrogen and oxygen atoms in total. The van der Waals surface area contributed by atoms with Crippen molar-refractivity contribution in [3.8, 4) is 0 Å². The zero-order chi connectivity index (χ0) is 79.4. The van der Waals surface area contributed by atoms with Crippen molar-refractivity contribution in [3.05, 3.63) is 36.0 Å². The molecule has 3 heterocycles. The van der Waals surface area contributed by atoms with Crippen LogP contribution < -0.4 is 0 Å². The van der Waals surface area contributed by atoms with E-state index in [9.17, 15) is 48.6 Å². The summed E-state index contributed by atoms with van der Waals surface area (Å²) in [6.45, 7) is 20.8. The van der Waals surface area contributed by atoms with E-state index in [2.05, 4.69) is 20.4 Å². The number of ketones is 2. The lowest BCUT2D eigenvalue weighted by molar-refractivity contribution is -0.302. The molecule has 108 heavy (non-hydrogen) atoms. The lowest BCUT2D eigenvalue weighted by atomic mass is 9.81. The summed E-state index contributed by atoms with van der Waals surface area (Å²) in [4.78, 5) is 113. The Hall–Kier alpha value is -4.86. The molecule has 4 rings (SSSR count). The molecule has 1 aliphatic carbocycles. The van der Waals surface area contributed by atoms with Crippen LogP contribution in [-0.4, -0.2) is 164 Å². The molecule has 20 heteroatoms. The van der Waals surface area contributed by atoms with Crippen LogP contribution in [0.4, 0.5) is 0 Å². The highest BCUT2D eigenvalue weighted by Crippen LogP contribution is 2.40. The number of fused-ring (bicyclic) bond motifs is 3. The summed E-state index contributed by atoms with van der Waals surface area (Å²) in [5, 5.41) is 24.4. The van der Waals surface area contributed by atoms with Crippen molar-refractivity contribution in [2.24, 2.45) is 41.4 Å². The Morgan fingerprint density at radius 3 is 1.69 bits per heavy atom. The monoisotopic (exact) mass is 1520 g/mol. The number of ether oxygens (including phenoxy) is 9. The molecule has 0 radical (unpaired) electrons. The molecule has 4 aliphatic rings. The summed E-state index contributed by atoms with van der Waals surface area (Å²) >= 11 is 0. The molecule has 620 valence electrons. The Labute approximate surface area is 651 Å². The highest BCUT2D eigenvalue weighted by molar-refractivity contribution is 6.39. The van der Waals surface area contributed by atoms with Gasteiger partial charge in [-0.1, -0.05) is 226 Å². The van der Waals surface area contributed by atoms with Crippen LogP contribution in [0.2, 0.25) is 0 Å². The minimum atomic E-state index is -2.57. The lowest BCUT2D eigenvalue weighted by Crippen LogP contribution is -2.64. The number of hydrogen-bond donors (Lipinski definition) is 2. The van der Waals surface area contributed by atoms with Crippen LogP contribution in [0.1, 0.15) is 332 Å². The lowest BCUT2D eigenvalue weighted by Gasteiger charge is -2.47.